The van der Waals surface area contributed by atoms with E-state index >= 15 is 0 Å². The molecule has 66 valence electrons. The van der Waals surface area contributed by atoms with Crippen LogP contribution in [0.3, 0.4) is 0 Å². The van der Waals surface area contributed by atoms with Crippen molar-refractivity contribution in [2.75, 3.05) is 19.6 Å². The smallest absolute Gasteiger partial charge is 0.0458 e. The summed E-state index contributed by atoms with van der Waals surface area (Å²) in [7, 11) is 0. The molecule has 2 heterocycles. The molecule has 0 saturated carbocycles. The second kappa shape index (κ2) is 3.56. The van der Waals surface area contributed by atoms with Crippen LogP contribution in [-0.4, -0.2) is 19.6 Å². The average molecular weight is 182 g/mol. The zero-order valence-corrected chi connectivity index (χ0v) is 8.08. The Morgan fingerprint density at radius 1 is 1.42 bits per heavy atom. The van der Waals surface area contributed by atoms with Crippen LogP contribution in [0.4, 0.5) is 0 Å². The van der Waals surface area contributed by atoms with Crippen LogP contribution in [0.2, 0.25) is 0 Å². The van der Waals surface area contributed by atoms with Crippen LogP contribution in [0.25, 0.3) is 0 Å². The van der Waals surface area contributed by atoms with Crippen LogP contribution >= 0.6 is 11.3 Å². The summed E-state index contributed by atoms with van der Waals surface area (Å²) in [6.07, 6.45) is 0. The topological polar surface area (TPSA) is 24.1 Å². The molecule has 2 rings (SSSR count). The zero-order valence-electron chi connectivity index (χ0n) is 7.26. The molecule has 1 aromatic heterocycles. The largest absolute Gasteiger partial charge is 0.314 e. The molecule has 1 aliphatic heterocycles. The van der Waals surface area contributed by atoms with Gasteiger partial charge in [0.25, 0.3) is 0 Å². The van der Waals surface area contributed by atoms with Gasteiger partial charge in [-0.1, -0.05) is 0 Å². The summed E-state index contributed by atoms with van der Waals surface area (Å²) in [5.41, 5.74) is 2.88. The minimum absolute atomic E-state index is 0.532. The Hall–Kier alpha value is -0.380. The van der Waals surface area contributed by atoms with Crippen molar-refractivity contribution in [1.82, 2.24) is 10.6 Å². The van der Waals surface area contributed by atoms with Crippen molar-refractivity contribution in [2.45, 2.75) is 13.0 Å². The van der Waals surface area contributed by atoms with E-state index in [4.69, 9.17) is 0 Å². The quantitative estimate of drug-likeness (QED) is 0.684. The van der Waals surface area contributed by atoms with E-state index in [1.165, 1.54) is 11.1 Å². The van der Waals surface area contributed by atoms with Crippen LogP contribution in [0.5, 0.6) is 0 Å². The number of piperazine rings is 1. The lowest BCUT2D eigenvalue weighted by atomic mass is 10.1. The van der Waals surface area contributed by atoms with Crippen molar-refractivity contribution >= 4 is 11.3 Å². The second-order valence-corrected chi connectivity index (χ2v) is 3.96. The summed E-state index contributed by atoms with van der Waals surface area (Å²) < 4.78 is 0. The Balaban J connectivity index is 2.13. The van der Waals surface area contributed by atoms with Gasteiger partial charge < -0.3 is 10.6 Å². The molecule has 0 unspecified atom stereocenters. The van der Waals surface area contributed by atoms with E-state index in [0.29, 0.717) is 6.04 Å². The van der Waals surface area contributed by atoms with Gasteiger partial charge in [-0.2, -0.15) is 11.3 Å². The van der Waals surface area contributed by atoms with Crippen LogP contribution in [0.15, 0.2) is 10.8 Å². The van der Waals surface area contributed by atoms with Gasteiger partial charge in [0.1, 0.15) is 0 Å². The molecule has 1 saturated heterocycles. The van der Waals surface area contributed by atoms with Gasteiger partial charge in [0.05, 0.1) is 0 Å². The Bertz CT molecular complexity index is 251. The standard InChI is InChI=1S/C9H14N2S/c1-7-5-12-6-8(7)9-4-10-2-3-11-9/h5-6,9-11H,2-4H2,1H3/t9-/m0/s1. The number of hydrogen-bond acceptors (Lipinski definition) is 3. The maximum atomic E-state index is 3.51. The summed E-state index contributed by atoms with van der Waals surface area (Å²) in [4.78, 5) is 0. The fourth-order valence-electron chi connectivity index (χ4n) is 1.60. The SMILES string of the molecule is Cc1cscc1[C@@H]1CNCCN1. The highest BCUT2D eigenvalue weighted by atomic mass is 32.1. The first-order valence-electron chi connectivity index (χ1n) is 4.35. The normalized spacial score (nSPS) is 24.2. The lowest BCUT2D eigenvalue weighted by Crippen LogP contribution is -2.42. The average Bonchev–Trinajstić information content (AvgIpc) is 2.53. The van der Waals surface area contributed by atoms with Crippen LogP contribution in [-0.2, 0) is 0 Å². The first-order chi connectivity index (χ1) is 5.88. The number of rotatable bonds is 1. The van der Waals surface area contributed by atoms with Gasteiger partial charge in [0.2, 0.25) is 0 Å². The van der Waals surface area contributed by atoms with E-state index in [0.717, 1.165) is 19.6 Å². The highest BCUT2D eigenvalue weighted by Crippen LogP contribution is 2.21. The first-order valence-corrected chi connectivity index (χ1v) is 5.29. The lowest BCUT2D eigenvalue weighted by Gasteiger charge is -2.24. The Kier molecular flexibility index (Phi) is 2.44. The summed E-state index contributed by atoms with van der Waals surface area (Å²) >= 11 is 1.79. The molecular formula is C9H14N2S. The second-order valence-electron chi connectivity index (χ2n) is 3.22. The minimum Gasteiger partial charge on any atom is -0.314 e. The molecule has 1 aliphatic rings. The highest BCUT2D eigenvalue weighted by Gasteiger charge is 2.15. The molecule has 0 spiro atoms. The third kappa shape index (κ3) is 1.53. The molecule has 0 radical (unpaired) electrons. The molecule has 3 heteroatoms. The lowest BCUT2D eigenvalue weighted by molar-refractivity contribution is 0.430. The van der Waals surface area contributed by atoms with Crippen molar-refractivity contribution in [3.63, 3.8) is 0 Å². The van der Waals surface area contributed by atoms with Crippen molar-refractivity contribution in [3.8, 4) is 0 Å². The Morgan fingerprint density at radius 2 is 2.33 bits per heavy atom. The third-order valence-electron chi connectivity index (χ3n) is 2.31. The Morgan fingerprint density at radius 3 is 2.92 bits per heavy atom. The molecule has 0 bridgehead atoms. The predicted octanol–water partition coefficient (Wildman–Crippen LogP) is 1.29. The fourth-order valence-corrected chi connectivity index (χ4v) is 2.51. The minimum atomic E-state index is 0.532. The molecule has 0 amide bonds. The molecule has 2 nitrogen and oxygen atoms in total. The van der Waals surface area contributed by atoms with Crippen LogP contribution < -0.4 is 10.6 Å². The number of nitrogens with one attached hydrogen (secondary N) is 2. The molecule has 12 heavy (non-hydrogen) atoms. The number of thiophene rings is 1. The first kappa shape index (κ1) is 8.23. The van der Waals surface area contributed by atoms with Crippen molar-refractivity contribution < 1.29 is 0 Å². The van der Waals surface area contributed by atoms with Crippen LogP contribution in [0.1, 0.15) is 17.2 Å². The summed E-state index contributed by atoms with van der Waals surface area (Å²) in [5.74, 6) is 0. The van der Waals surface area contributed by atoms with E-state index in [1.54, 1.807) is 11.3 Å². The van der Waals surface area contributed by atoms with Gasteiger partial charge in [-0.05, 0) is 28.8 Å². The fraction of sp³-hybridized carbons (Fsp3) is 0.556. The van der Waals surface area contributed by atoms with E-state index in [2.05, 4.69) is 28.3 Å². The maximum absolute atomic E-state index is 3.51. The summed E-state index contributed by atoms with van der Waals surface area (Å²) in [6.45, 7) is 5.43. The van der Waals surface area contributed by atoms with Gasteiger partial charge >= 0.3 is 0 Å². The van der Waals surface area contributed by atoms with E-state index < -0.39 is 0 Å². The Labute approximate surface area is 77.0 Å². The highest BCUT2D eigenvalue weighted by molar-refractivity contribution is 7.08. The van der Waals surface area contributed by atoms with E-state index in [1.807, 2.05) is 0 Å². The van der Waals surface area contributed by atoms with Gasteiger partial charge in [-0.25, -0.2) is 0 Å². The molecule has 1 aromatic rings. The monoisotopic (exact) mass is 182 g/mol. The molecular weight excluding hydrogens is 168 g/mol. The van der Waals surface area contributed by atoms with Gasteiger partial charge in [0, 0.05) is 25.7 Å². The van der Waals surface area contributed by atoms with Crippen molar-refractivity contribution in [2.24, 2.45) is 0 Å². The maximum Gasteiger partial charge on any atom is 0.0458 e. The molecule has 0 aliphatic carbocycles. The van der Waals surface area contributed by atoms with E-state index in [-0.39, 0.29) is 0 Å². The van der Waals surface area contributed by atoms with Crippen LogP contribution in [0, 0.1) is 6.92 Å². The summed E-state index contributed by atoms with van der Waals surface area (Å²) in [5, 5.41) is 11.4. The van der Waals surface area contributed by atoms with Crippen molar-refractivity contribution in [1.29, 1.82) is 0 Å². The number of aryl methyl sites for hydroxylation is 1. The van der Waals surface area contributed by atoms with E-state index in [9.17, 15) is 0 Å². The molecule has 1 fully saturated rings. The molecule has 1 atom stereocenters. The predicted molar refractivity (Wildman–Crippen MR) is 52.7 cm³/mol. The number of hydrogen-bond donors (Lipinski definition) is 2. The van der Waals surface area contributed by atoms with Crippen molar-refractivity contribution in [3.05, 3.63) is 21.9 Å². The molecule has 0 aromatic carbocycles. The van der Waals surface area contributed by atoms with Gasteiger partial charge in [0.15, 0.2) is 0 Å². The molecule has 2 N–H and O–H groups in total. The third-order valence-corrected chi connectivity index (χ3v) is 3.19. The zero-order chi connectivity index (χ0) is 8.39. The summed E-state index contributed by atoms with van der Waals surface area (Å²) in [6, 6.07) is 0.532. The van der Waals surface area contributed by atoms with Gasteiger partial charge in [-0.15, -0.1) is 0 Å². The van der Waals surface area contributed by atoms with Gasteiger partial charge in [-0.3, -0.25) is 0 Å².